The molecule has 0 saturated carbocycles. The molecular formula is C52H35N3O. The van der Waals surface area contributed by atoms with Crippen molar-refractivity contribution < 1.29 is 4.42 Å². The summed E-state index contributed by atoms with van der Waals surface area (Å²) in [4.78, 5) is 10.3. The van der Waals surface area contributed by atoms with Crippen LogP contribution in [0.1, 0.15) is 22.7 Å². The van der Waals surface area contributed by atoms with Crippen LogP contribution >= 0.6 is 0 Å². The first-order valence-corrected chi connectivity index (χ1v) is 19.2. The molecule has 0 saturated heterocycles. The number of rotatable bonds is 6. The van der Waals surface area contributed by atoms with Gasteiger partial charge in [-0.2, -0.15) is 0 Å². The highest BCUT2D eigenvalue weighted by atomic mass is 16.3. The number of furan rings is 1. The first-order chi connectivity index (χ1) is 27.8. The smallest absolute Gasteiger partial charge is 0.160 e. The maximum absolute atomic E-state index is 6.96. The first kappa shape index (κ1) is 32.2. The van der Waals surface area contributed by atoms with Crippen LogP contribution in [-0.2, 0) is 6.42 Å². The van der Waals surface area contributed by atoms with Crippen molar-refractivity contribution in [2.75, 3.05) is 0 Å². The van der Waals surface area contributed by atoms with Crippen LogP contribution in [0, 0.1) is 0 Å². The molecule has 0 amide bonds. The highest BCUT2D eigenvalue weighted by Crippen LogP contribution is 2.44. The third kappa shape index (κ3) is 5.38. The molecule has 1 unspecified atom stereocenters. The SMILES string of the molecule is C1=CC(c2ccccc2)Cc2c1n(-c1cccc3c1oc1cccc(-c4cc(-c5ccccc5)nc(-c5ccccc5)n4)c13)c1cc(-c3ccccc3)ccc21. The fourth-order valence-electron chi connectivity index (χ4n) is 8.54. The number of allylic oxidation sites excluding steroid dienone is 1. The van der Waals surface area contributed by atoms with Crippen molar-refractivity contribution in [3.63, 3.8) is 0 Å². The lowest BCUT2D eigenvalue weighted by Gasteiger charge is -2.19. The van der Waals surface area contributed by atoms with Gasteiger partial charge in [0.15, 0.2) is 11.4 Å². The van der Waals surface area contributed by atoms with Crippen molar-refractivity contribution in [3.05, 3.63) is 205 Å². The third-order valence-electron chi connectivity index (χ3n) is 11.2. The van der Waals surface area contributed by atoms with E-state index in [1.165, 1.54) is 38.9 Å². The summed E-state index contributed by atoms with van der Waals surface area (Å²) >= 11 is 0. The maximum Gasteiger partial charge on any atom is 0.160 e. The maximum atomic E-state index is 6.96. The van der Waals surface area contributed by atoms with Crippen molar-refractivity contribution in [1.82, 2.24) is 14.5 Å². The quantitative estimate of drug-likeness (QED) is 0.172. The summed E-state index contributed by atoms with van der Waals surface area (Å²) in [6, 6.07) is 63.9. The monoisotopic (exact) mass is 717 g/mol. The Morgan fingerprint density at radius 3 is 1.98 bits per heavy atom. The van der Waals surface area contributed by atoms with E-state index in [4.69, 9.17) is 14.4 Å². The van der Waals surface area contributed by atoms with Gasteiger partial charge in [0.25, 0.3) is 0 Å². The lowest BCUT2D eigenvalue weighted by atomic mass is 9.86. The molecule has 11 rings (SSSR count). The summed E-state index contributed by atoms with van der Waals surface area (Å²) in [6.45, 7) is 0. The second kappa shape index (κ2) is 13.2. The number of hydrogen-bond acceptors (Lipinski definition) is 3. The number of hydrogen-bond donors (Lipinski definition) is 0. The number of aromatic nitrogens is 3. The van der Waals surface area contributed by atoms with Gasteiger partial charge in [0.2, 0.25) is 0 Å². The van der Waals surface area contributed by atoms with Gasteiger partial charge in [0.1, 0.15) is 5.58 Å². The van der Waals surface area contributed by atoms with Crippen LogP contribution in [0.5, 0.6) is 0 Å². The fourth-order valence-corrected chi connectivity index (χ4v) is 8.54. The summed E-state index contributed by atoms with van der Waals surface area (Å²) < 4.78 is 9.38. The molecule has 1 atom stereocenters. The first-order valence-electron chi connectivity index (χ1n) is 19.2. The summed E-state index contributed by atoms with van der Waals surface area (Å²) in [6.07, 6.45) is 5.61. The van der Waals surface area contributed by atoms with Gasteiger partial charge in [-0.05, 0) is 59.0 Å². The number of benzene rings is 7. The van der Waals surface area contributed by atoms with E-state index < -0.39 is 0 Å². The molecule has 3 heterocycles. The van der Waals surface area contributed by atoms with Gasteiger partial charge in [-0.25, -0.2) is 9.97 Å². The normalized spacial score (nSPS) is 13.8. The Hall–Kier alpha value is -7.30. The molecule has 1 aliphatic rings. The second-order valence-corrected chi connectivity index (χ2v) is 14.5. The molecule has 0 N–H and O–H groups in total. The molecule has 0 radical (unpaired) electrons. The molecule has 1 aliphatic carbocycles. The molecule has 0 fully saturated rings. The second-order valence-electron chi connectivity index (χ2n) is 14.5. The highest BCUT2D eigenvalue weighted by molar-refractivity contribution is 6.14. The van der Waals surface area contributed by atoms with Crippen molar-refractivity contribution >= 4 is 38.9 Å². The summed E-state index contributed by atoms with van der Waals surface area (Å²) in [5, 5.41) is 3.35. The average molecular weight is 718 g/mol. The molecule has 0 bridgehead atoms. The van der Waals surface area contributed by atoms with Crippen molar-refractivity contribution in [2.24, 2.45) is 0 Å². The predicted octanol–water partition coefficient (Wildman–Crippen LogP) is 13.3. The summed E-state index contributed by atoms with van der Waals surface area (Å²) in [5.74, 6) is 0.989. The van der Waals surface area contributed by atoms with E-state index in [0.717, 1.165) is 62.1 Å². The van der Waals surface area contributed by atoms with Gasteiger partial charge in [-0.15, -0.1) is 0 Å². The molecular weight excluding hydrogens is 683 g/mol. The molecule has 264 valence electrons. The lowest BCUT2D eigenvalue weighted by Crippen LogP contribution is -2.07. The zero-order valence-corrected chi connectivity index (χ0v) is 30.5. The zero-order chi connectivity index (χ0) is 37.0. The minimum Gasteiger partial charge on any atom is -0.454 e. The molecule has 4 heteroatoms. The molecule has 0 spiro atoms. The summed E-state index contributed by atoms with van der Waals surface area (Å²) in [7, 11) is 0. The van der Waals surface area contributed by atoms with E-state index in [9.17, 15) is 0 Å². The molecule has 10 aromatic rings. The number of fused-ring (bicyclic) bond motifs is 6. The van der Waals surface area contributed by atoms with E-state index in [0.29, 0.717) is 11.7 Å². The predicted molar refractivity (Wildman–Crippen MR) is 230 cm³/mol. The van der Waals surface area contributed by atoms with Crippen molar-refractivity contribution in [1.29, 1.82) is 0 Å². The molecule has 7 aromatic carbocycles. The van der Waals surface area contributed by atoms with Crippen LogP contribution in [0.4, 0.5) is 0 Å². The van der Waals surface area contributed by atoms with Crippen LogP contribution in [-0.4, -0.2) is 14.5 Å². The van der Waals surface area contributed by atoms with Crippen LogP contribution < -0.4 is 0 Å². The van der Waals surface area contributed by atoms with Gasteiger partial charge >= 0.3 is 0 Å². The Bertz CT molecular complexity index is 3030. The molecule has 0 aliphatic heterocycles. The van der Waals surface area contributed by atoms with Crippen LogP contribution in [0.15, 0.2) is 192 Å². The standard InChI is InChI=1S/C52H35N3O/c1-5-15-34(16-6-1)38-28-30-46-43(31-38)40-29-27-39(35-17-7-2-8-18-35)32-48(40)55(46)47-25-13-24-42-50-41(23-14-26-49(50)56-51(42)47)45-33-44(36-19-9-3-10-20-36)53-52(54-45)37-21-11-4-12-22-37/h1-30,32-33,38H,31H2. The van der Waals surface area contributed by atoms with Crippen LogP contribution in [0.25, 0.3) is 89.6 Å². The van der Waals surface area contributed by atoms with E-state index in [1.54, 1.807) is 0 Å². The summed E-state index contributed by atoms with van der Waals surface area (Å²) in [5.41, 5.74) is 14.9. The number of para-hydroxylation sites is 1. The molecule has 3 aromatic heterocycles. The fraction of sp³-hybridized carbons (Fsp3) is 0.0385. The van der Waals surface area contributed by atoms with Crippen LogP contribution in [0.2, 0.25) is 0 Å². The Morgan fingerprint density at radius 1 is 0.536 bits per heavy atom. The van der Waals surface area contributed by atoms with E-state index >= 15 is 0 Å². The Morgan fingerprint density at radius 2 is 1.21 bits per heavy atom. The van der Waals surface area contributed by atoms with E-state index in [2.05, 4.69) is 174 Å². The number of nitrogens with zero attached hydrogens (tertiary/aromatic N) is 3. The molecule has 56 heavy (non-hydrogen) atoms. The highest BCUT2D eigenvalue weighted by Gasteiger charge is 2.26. The Balaban J connectivity index is 1.14. The van der Waals surface area contributed by atoms with Crippen molar-refractivity contribution in [3.8, 4) is 50.7 Å². The largest absolute Gasteiger partial charge is 0.454 e. The van der Waals surface area contributed by atoms with Gasteiger partial charge < -0.3 is 8.98 Å². The van der Waals surface area contributed by atoms with Gasteiger partial charge in [-0.3, -0.25) is 0 Å². The van der Waals surface area contributed by atoms with E-state index in [-0.39, 0.29) is 0 Å². The van der Waals surface area contributed by atoms with Gasteiger partial charge in [-0.1, -0.05) is 164 Å². The minimum absolute atomic E-state index is 0.301. The Kier molecular flexibility index (Phi) is 7.59. The van der Waals surface area contributed by atoms with Gasteiger partial charge in [0.05, 0.1) is 22.6 Å². The molecule has 4 nitrogen and oxygen atoms in total. The average Bonchev–Trinajstić information content (AvgIpc) is 3.83. The van der Waals surface area contributed by atoms with Crippen molar-refractivity contribution in [2.45, 2.75) is 12.3 Å². The topological polar surface area (TPSA) is 43.9 Å². The Labute approximate surface area is 324 Å². The third-order valence-corrected chi connectivity index (χ3v) is 11.2. The van der Waals surface area contributed by atoms with Gasteiger partial charge in [0, 0.05) is 44.5 Å². The minimum atomic E-state index is 0.301. The lowest BCUT2D eigenvalue weighted by molar-refractivity contribution is 0.665. The van der Waals surface area contributed by atoms with Crippen LogP contribution in [0.3, 0.4) is 0 Å². The van der Waals surface area contributed by atoms with E-state index in [1.807, 2.05) is 24.3 Å². The zero-order valence-electron chi connectivity index (χ0n) is 30.5.